The number of methoxy groups -OCH3 is 1. The van der Waals surface area contributed by atoms with Crippen LogP contribution in [-0.2, 0) is 11.2 Å². The van der Waals surface area contributed by atoms with Crippen LogP contribution in [0.1, 0.15) is 20.8 Å². The highest BCUT2D eigenvalue weighted by Gasteiger charge is 2.16. The molecular weight excluding hydrogens is 276 g/mol. The Hall–Kier alpha value is -2.34. The first-order chi connectivity index (χ1) is 9.60. The van der Waals surface area contributed by atoms with Gasteiger partial charge in [0.2, 0.25) is 0 Å². The molecule has 2 amide bonds. The molecule has 0 saturated carbocycles. The second kappa shape index (κ2) is 6.21. The monoisotopic (exact) mass is 290 g/mol. The number of amides is 2. The van der Waals surface area contributed by atoms with Crippen LogP contribution in [0.4, 0.5) is 9.80 Å². The predicted molar refractivity (Wildman–Crippen MR) is 78.1 cm³/mol. The molecule has 0 radical (unpaired) electrons. The number of nitrogens with one attached hydrogen (secondary N) is 1. The quantitative estimate of drug-likeness (QED) is 0.908. The van der Waals surface area contributed by atoms with Gasteiger partial charge in [-0.1, -0.05) is 30.3 Å². The van der Waals surface area contributed by atoms with Crippen LogP contribution in [0.15, 0.2) is 36.4 Å². The van der Waals surface area contributed by atoms with E-state index in [1.54, 1.807) is 6.07 Å². The zero-order valence-corrected chi connectivity index (χ0v) is 11.7. The van der Waals surface area contributed by atoms with E-state index >= 15 is 0 Å². The molecule has 6 heteroatoms. The normalized spacial score (nSPS) is 10.1. The molecule has 3 N–H and O–H groups in total. The molecule has 0 atom stereocenters. The number of hydrogen-bond acceptors (Lipinski definition) is 4. The largest absolute Gasteiger partial charge is 0.453 e. The molecule has 0 spiro atoms. The number of thiophene rings is 1. The van der Waals surface area contributed by atoms with E-state index in [2.05, 4.69) is 10.1 Å². The van der Waals surface area contributed by atoms with Crippen molar-refractivity contribution in [1.29, 1.82) is 0 Å². The van der Waals surface area contributed by atoms with Crippen molar-refractivity contribution in [1.82, 2.24) is 0 Å². The molecule has 0 unspecified atom stereocenters. The Bertz CT molecular complexity index is 623. The molecule has 104 valence electrons. The summed E-state index contributed by atoms with van der Waals surface area (Å²) in [6, 6.07) is 11.5. The lowest BCUT2D eigenvalue weighted by molar-refractivity contribution is 0.100. The summed E-state index contributed by atoms with van der Waals surface area (Å²) < 4.78 is 4.52. The van der Waals surface area contributed by atoms with Crippen LogP contribution in [-0.4, -0.2) is 19.1 Å². The Morgan fingerprint density at radius 2 is 2.00 bits per heavy atom. The second-order valence-corrected chi connectivity index (χ2v) is 5.24. The van der Waals surface area contributed by atoms with Crippen LogP contribution in [0.2, 0.25) is 0 Å². The lowest BCUT2D eigenvalue weighted by Crippen LogP contribution is -2.16. The fourth-order valence-corrected chi connectivity index (χ4v) is 2.83. The lowest BCUT2D eigenvalue weighted by atomic mass is 10.1. The maximum absolute atomic E-state index is 11.4. The minimum atomic E-state index is -0.624. The van der Waals surface area contributed by atoms with Gasteiger partial charge in [0.15, 0.2) is 0 Å². The minimum absolute atomic E-state index is 0.298. The summed E-state index contributed by atoms with van der Waals surface area (Å²) in [4.78, 5) is 23.6. The topological polar surface area (TPSA) is 81.4 Å². The first-order valence-electron chi connectivity index (χ1n) is 5.91. The number of anilines is 1. The van der Waals surface area contributed by atoms with Gasteiger partial charge in [-0.25, -0.2) is 4.79 Å². The number of carbonyl (C=O) groups excluding carboxylic acids is 2. The van der Waals surface area contributed by atoms with Gasteiger partial charge in [0.25, 0.3) is 5.91 Å². The molecule has 0 aliphatic rings. The second-order valence-electron chi connectivity index (χ2n) is 4.10. The van der Waals surface area contributed by atoms with Gasteiger partial charge in [-0.2, -0.15) is 0 Å². The third-order valence-electron chi connectivity index (χ3n) is 2.67. The first kappa shape index (κ1) is 14.1. The maximum atomic E-state index is 11.4. The highest BCUT2D eigenvalue weighted by molar-refractivity contribution is 7.16. The van der Waals surface area contributed by atoms with Gasteiger partial charge in [-0.3, -0.25) is 10.1 Å². The van der Waals surface area contributed by atoms with E-state index in [-0.39, 0.29) is 0 Å². The van der Waals surface area contributed by atoms with E-state index in [4.69, 9.17) is 5.73 Å². The van der Waals surface area contributed by atoms with Gasteiger partial charge >= 0.3 is 6.09 Å². The number of benzene rings is 1. The molecule has 0 fully saturated rings. The van der Waals surface area contributed by atoms with Crippen molar-refractivity contribution in [2.75, 3.05) is 12.4 Å². The summed E-state index contributed by atoms with van der Waals surface area (Å²) in [5, 5.41) is 2.92. The standard InChI is InChI=1S/C14H14N2O3S/c1-19-14(18)16-13-11(12(15)17)8-10(20-13)7-9-5-3-2-4-6-9/h2-6,8H,7H2,1H3,(H2,15,17)(H,16,18). The van der Waals surface area contributed by atoms with Crippen LogP contribution in [0.3, 0.4) is 0 Å². The van der Waals surface area contributed by atoms with Gasteiger partial charge in [0.1, 0.15) is 5.00 Å². The van der Waals surface area contributed by atoms with Crippen LogP contribution in [0.5, 0.6) is 0 Å². The molecule has 1 aromatic carbocycles. The van der Waals surface area contributed by atoms with E-state index in [0.29, 0.717) is 17.0 Å². The third kappa shape index (κ3) is 3.36. The van der Waals surface area contributed by atoms with E-state index in [9.17, 15) is 9.59 Å². The molecular formula is C14H14N2O3S. The van der Waals surface area contributed by atoms with E-state index < -0.39 is 12.0 Å². The smallest absolute Gasteiger partial charge is 0.411 e. The number of carbonyl (C=O) groups is 2. The van der Waals surface area contributed by atoms with Crippen LogP contribution in [0, 0.1) is 0 Å². The third-order valence-corrected chi connectivity index (χ3v) is 3.72. The Labute approximate surface area is 120 Å². The summed E-state index contributed by atoms with van der Waals surface area (Å²) in [6.45, 7) is 0. The van der Waals surface area contributed by atoms with Gasteiger partial charge in [-0.05, 0) is 11.6 Å². The average molecular weight is 290 g/mol. The summed E-state index contributed by atoms with van der Waals surface area (Å²) in [7, 11) is 1.26. The minimum Gasteiger partial charge on any atom is -0.453 e. The lowest BCUT2D eigenvalue weighted by Gasteiger charge is -2.01. The number of primary amides is 1. The van der Waals surface area contributed by atoms with Crippen molar-refractivity contribution in [3.63, 3.8) is 0 Å². The van der Waals surface area contributed by atoms with Gasteiger partial charge in [-0.15, -0.1) is 11.3 Å². The zero-order chi connectivity index (χ0) is 14.5. The summed E-state index contributed by atoms with van der Waals surface area (Å²) in [5.74, 6) is -0.577. The molecule has 2 rings (SSSR count). The molecule has 0 aliphatic carbocycles. The van der Waals surface area contributed by atoms with Crippen molar-refractivity contribution in [2.24, 2.45) is 5.73 Å². The SMILES string of the molecule is COC(=O)Nc1sc(Cc2ccccc2)cc1C(N)=O. The number of nitrogens with two attached hydrogens (primary N) is 1. The van der Waals surface area contributed by atoms with Crippen LogP contribution >= 0.6 is 11.3 Å². The molecule has 1 aromatic heterocycles. The Kier molecular flexibility index (Phi) is 4.37. The fourth-order valence-electron chi connectivity index (χ4n) is 1.75. The Balaban J connectivity index is 2.25. The van der Waals surface area contributed by atoms with Crippen molar-refractivity contribution in [3.05, 3.63) is 52.4 Å². The van der Waals surface area contributed by atoms with Gasteiger partial charge < -0.3 is 10.5 Å². The van der Waals surface area contributed by atoms with Crippen molar-refractivity contribution in [2.45, 2.75) is 6.42 Å². The molecule has 0 aliphatic heterocycles. The van der Waals surface area contributed by atoms with Gasteiger partial charge in [0, 0.05) is 11.3 Å². The Morgan fingerprint density at radius 1 is 1.30 bits per heavy atom. The first-order valence-corrected chi connectivity index (χ1v) is 6.73. The average Bonchev–Trinajstić information content (AvgIpc) is 2.82. The molecule has 0 saturated heterocycles. The van der Waals surface area contributed by atoms with E-state index in [0.717, 1.165) is 10.4 Å². The summed E-state index contributed by atoms with van der Waals surface area (Å²) >= 11 is 1.31. The number of rotatable bonds is 4. The molecule has 1 heterocycles. The molecule has 5 nitrogen and oxygen atoms in total. The van der Waals surface area contributed by atoms with Crippen LogP contribution in [0.25, 0.3) is 0 Å². The number of ether oxygens (including phenoxy) is 1. The highest BCUT2D eigenvalue weighted by Crippen LogP contribution is 2.29. The van der Waals surface area contributed by atoms with Crippen LogP contribution < -0.4 is 11.1 Å². The summed E-state index contributed by atoms with van der Waals surface area (Å²) in [5.41, 5.74) is 6.73. The highest BCUT2D eigenvalue weighted by atomic mass is 32.1. The van der Waals surface area contributed by atoms with E-state index in [1.807, 2.05) is 30.3 Å². The van der Waals surface area contributed by atoms with E-state index in [1.165, 1.54) is 18.4 Å². The van der Waals surface area contributed by atoms with Crippen molar-refractivity contribution in [3.8, 4) is 0 Å². The van der Waals surface area contributed by atoms with Crippen molar-refractivity contribution >= 4 is 28.3 Å². The Morgan fingerprint density at radius 3 is 2.60 bits per heavy atom. The predicted octanol–water partition coefficient (Wildman–Crippen LogP) is 2.62. The molecule has 0 bridgehead atoms. The maximum Gasteiger partial charge on any atom is 0.411 e. The fraction of sp³-hybridized carbons (Fsp3) is 0.143. The molecule has 2 aromatic rings. The van der Waals surface area contributed by atoms with Gasteiger partial charge in [0.05, 0.1) is 12.7 Å². The zero-order valence-electron chi connectivity index (χ0n) is 10.9. The van der Waals surface area contributed by atoms with Crippen molar-refractivity contribution < 1.29 is 14.3 Å². The number of hydrogen-bond donors (Lipinski definition) is 2. The molecule has 20 heavy (non-hydrogen) atoms. The summed E-state index contributed by atoms with van der Waals surface area (Å²) in [6.07, 6.45) is 0.0508.